The third kappa shape index (κ3) is 1.91. The van der Waals surface area contributed by atoms with E-state index in [0.29, 0.717) is 17.4 Å². The average Bonchev–Trinajstić information content (AvgIpc) is 2.71. The Morgan fingerprint density at radius 2 is 2.17 bits per heavy atom. The van der Waals surface area contributed by atoms with Gasteiger partial charge in [-0.25, -0.2) is 4.68 Å². The number of halogens is 1. The quantitative estimate of drug-likeness (QED) is 0.769. The molecule has 2 N–H and O–H groups in total. The van der Waals surface area contributed by atoms with Crippen LogP contribution in [0, 0.1) is 0 Å². The summed E-state index contributed by atoms with van der Waals surface area (Å²) < 4.78 is 1.68. The lowest BCUT2D eigenvalue weighted by Gasteiger charge is -2.05. The fraction of sp³-hybridized carbons (Fsp3) is 0.0769. The van der Waals surface area contributed by atoms with Crippen molar-refractivity contribution in [2.24, 2.45) is 0 Å². The number of aromatic nitrogens is 3. The third-order valence-corrected chi connectivity index (χ3v) is 3.12. The van der Waals surface area contributed by atoms with Crippen molar-refractivity contribution >= 4 is 28.3 Å². The zero-order chi connectivity index (χ0) is 12.5. The zero-order valence-electron chi connectivity index (χ0n) is 9.55. The maximum absolute atomic E-state index is 5.87. The highest BCUT2D eigenvalue weighted by Crippen LogP contribution is 2.19. The molecule has 3 aromatic rings. The molecule has 0 aliphatic rings. The summed E-state index contributed by atoms with van der Waals surface area (Å²) in [6, 6.07) is 10.0. The van der Waals surface area contributed by atoms with Crippen molar-refractivity contribution in [2.45, 2.75) is 6.54 Å². The van der Waals surface area contributed by atoms with E-state index in [-0.39, 0.29) is 0 Å². The van der Waals surface area contributed by atoms with Crippen LogP contribution < -0.4 is 5.73 Å². The molecule has 0 aliphatic heterocycles. The first-order valence-corrected chi connectivity index (χ1v) is 5.92. The van der Waals surface area contributed by atoms with Crippen molar-refractivity contribution in [2.75, 3.05) is 5.73 Å². The SMILES string of the molecule is Nc1c(Cl)cnn1Cc1ccc2ncccc2c1. The predicted molar refractivity (Wildman–Crippen MR) is 72.5 cm³/mol. The van der Waals surface area contributed by atoms with Crippen molar-refractivity contribution in [3.8, 4) is 0 Å². The number of nitrogens with two attached hydrogens (primary N) is 1. The molecule has 3 rings (SSSR count). The average molecular weight is 259 g/mol. The van der Waals surface area contributed by atoms with Crippen molar-refractivity contribution in [1.29, 1.82) is 0 Å². The fourth-order valence-electron chi connectivity index (χ4n) is 1.89. The van der Waals surface area contributed by atoms with Crippen LogP contribution in [0.1, 0.15) is 5.56 Å². The van der Waals surface area contributed by atoms with Gasteiger partial charge in [-0.3, -0.25) is 4.98 Å². The molecule has 90 valence electrons. The summed E-state index contributed by atoms with van der Waals surface area (Å²) in [5.74, 6) is 0.489. The highest BCUT2D eigenvalue weighted by atomic mass is 35.5. The van der Waals surface area contributed by atoms with Crippen molar-refractivity contribution in [3.63, 3.8) is 0 Å². The van der Waals surface area contributed by atoms with Gasteiger partial charge in [0.1, 0.15) is 10.8 Å². The van der Waals surface area contributed by atoms with Crippen molar-refractivity contribution in [3.05, 3.63) is 53.3 Å². The highest BCUT2D eigenvalue weighted by molar-refractivity contribution is 6.32. The molecule has 0 amide bonds. The van der Waals surface area contributed by atoms with E-state index in [2.05, 4.69) is 16.1 Å². The third-order valence-electron chi connectivity index (χ3n) is 2.83. The number of rotatable bonds is 2. The van der Waals surface area contributed by atoms with Gasteiger partial charge in [-0.05, 0) is 23.8 Å². The highest BCUT2D eigenvalue weighted by Gasteiger charge is 2.05. The lowest BCUT2D eigenvalue weighted by molar-refractivity contribution is 0.698. The summed E-state index contributed by atoms with van der Waals surface area (Å²) in [6.07, 6.45) is 3.34. The van der Waals surface area contributed by atoms with Crippen LogP contribution in [-0.4, -0.2) is 14.8 Å². The van der Waals surface area contributed by atoms with Gasteiger partial charge in [0, 0.05) is 11.6 Å². The number of fused-ring (bicyclic) bond motifs is 1. The van der Waals surface area contributed by atoms with E-state index >= 15 is 0 Å². The Labute approximate surface area is 109 Å². The van der Waals surface area contributed by atoms with Gasteiger partial charge in [0.05, 0.1) is 18.3 Å². The predicted octanol–water partition coefficient (Wildman–Crippen LogP) is 2.72. The fourth-order valence-corrected chi connectivity index (χ4v) is 2.04. The number of benzene rings is 1. The van der Waals surface area contributed by atoms with Crippen LogP contribution in [0.2, 0.25) is 5.02 Å². The van der Waals surface area contributed by atoms with E-state index < -0.39 is 0 Å². The number of anilines is 1. The van der Waals surface area contributed by atoms with E-state index in [9.17, 15) is 0 Å². The topological polar surface area (TPSA) is 56.7 Å². The molecule has 2 heterocycles. The van der Waals surface area contributed by atoms with E-state index in [0.717, 1.165) is 16.5 Å². The van der Waals surface area contributed by atoms with Gasteiger partial charge >= 0.3 is 0 Å². The zero-order valence-corrected chi connectivity index (χ0v) is 10.3. The molecule has 0 aliphatic carbocycles. The van der Waals surface area contributed by atoms with E-state index in [1.165, 1.54) is 0 Å². The Balaban J connectivity index is 1.98. The van der Waals surface area contributed by atoms with Gasteiger partial charge < -0.3 is 5.73 Å². The second-order valence-corrected chi connectivity index (χ2v) is 4.47. The second-order valence-electron chi connectivity index (χ2n) is 4.07. The largest absolute Gasteiger partial charge is 0.383 e. The van der Waals surface area contributed by atoms with Crippen LogP contribution in [0.15, 0.2) is 42.7 Å². The molecule has 0 unspecified atom stereocenters. The molecule has 1 aromatic carbocycles. The number of hydrogen-bond acceptors (Lipinski definition) is 3. The van der Waals surface area contributed by atoms with Gasteiger partial charge in [0.25, 0.3) is 0 Å². The Kier molecular flexibility index (Phi) is 2.64. The molecule has 0 fully saturated rings. The van der Waals surface area contributed by atoms with Gasteiger partial charge in [-0.2, -0.15) is 5.10 Å². The standard InChI is InChI=1S/C13H11ClN4/c14-11-7-17-18(13(11)15)8-9-3-4-12-10(6-9)2-1-5-16-12/h1-7H,8,15H2. The molecule has 0 bridgehead atoms. The Hall–Kier alpha value is -2.07. The van der Waals surface area contributed by atoms with Gasteiger partial charge in [0.2, 0.25) is 0 Å². The van der Waals surface area contributed by atoms with Gasteiger partial charge in [-0.15, -0.1) is 0 Å². The summed E-state index contributed by atoms with van der Waals surface area (Å²) in [5, 5.41) is 5.72. The molecule has 0 atom stereocenters. The summed E-state index contributed by atoms with van der Waals surface area (Å²) in [5.41, 5.74) is 7.91. The molecule has 4 nitrogen and oxygen atoms in total. The molecule has 5 heteroatoms. The van der Waals surface area contributed by atoms with E-state index in [4.69, 9.17) is 17.3 Å². The van der Waals surface area contributed by atoms with Crippen LogP contribution in [0.25, 0.3) is 10.9 Å². The molecular weight excluding hydrogens is 248 g/mol. The molecule has 18 heavy (non-hydrogen) atoms. The molecule has 0 radical (unpaired) electrons. The monoisotopic (exact) mass is 258 g/mol. The van der Waals surface area contributed by atoms with Crippen molar-refractivity contribution < 1.29 is 0 Å². The lowest BCUT2D eigenvalue weighted by Crippen LogP contribution is -2.05. The van der Waals surface area contributed by atoms with Crippen LogP contribution in [-0.2, 0) is 6.54 Å². The van der Waals surface area contributed by atoms with Crippen LogP contribution in [0.4, 0.5) is 5.82 Å². The van der Waals surface area contributed by atoms with E-state index in [1.807, 2.05) is 24.3 Å². The molecular formula is C13H11ClN4. The number of nitrogens with zero attached hydrogens (tertiary/aromatic N) is 3. The number of hydrogen-bond donors (Lipinski definition) is 1. The smallest absolute Gasteiger partial charge is 0.140 e. The Morgan fingerprint density at radius 3 is 2.94 bits per heavy atom. The minimum atomic E-state index is 0.484. The van der Waals surface area contributed by atoms with Crippen LogP contribution >= 0.6 is 11.6 Å². The molecule has 2 aromatic heterocycles. The first-order chi connectivity index (χ1) is 8.74. The Morgan fingerprint density at radius 1 is 1.28 bits per heavy atom. The minimum Gasteiger partial charge on any atom is -0.383 e. The lowest BCUT2D eigenvalue weighted by atomic mass is 10.1. The summed E-state index contributed by atoms with van der Waals surface area (Å²) in [6.45, 7) is 0.601. The molecule has 0 saturated heterocycles. The summed E-state index contributed by atoms with van der Waals surface area (Å²) in [4.78, 5) is 4.28. The van der Waals surface area contributed by atoms with Crippen LogP contribution in [0.3, 0.4) is 0 Å². The van der Waals surface area contributed by atoms with Crippen LogP contribution in [0.5, 0.6) is 0 Å². The summed E-state index contributed by atoms with van der Waals surface area (Å²) in [7, 11) is 0. The second kappa shape index (κ2) is 4.31. The maximum Gasteiger partial charge on any atom is 0.140 e. The number of pyridine rings is 1. The minimum absolute atomic E-state index is 0.484. The molecule has 0 saturated carbocycles. The first-order valence-electron chi connectivity index (χ1n) is 5.54. The molecule has 0 spiro atoms. The maximum atomic E-state index is 5.87. The van der Waals surface area contributed by atoms with Gasteiger partial charge in [0.15, 0.2) is 0 Å². The number of nitrogen functional groups attached to an aromatic ring is 1. The Bertz CT molecular complexity index is 705. The van der Waals surface area contributed by atoms with Gasteiger partial charge in [-0.1, -0.05) is 23.7 Å². The van der Waals surface area contributed by atoms with Crippen molar-refractivity contribution in [1.82, 2.24) is 14.8 Å². The van der Waals surface area contributed by atoms with E-state index in [1.54, 1.807) is 17.1 Å². The normalized spacial score (nSPS) is 10.9. The first kappa shape index (κ1) is 11.0. The summed E-state index contributed by atoms with van der Waals surface area (Å²) >= 11 is 5.87.